The second-order valence-electron chi connectivity index (χ2n) is 4.87. The van der Waals surface area contributed by atoms with Crippen molar-refractivity contribution in [2.75, 3.05) is 33.2 Å². The van der Waals surface area contributed by atoms with Gasteiger partial charge in [0.1, 0.15) is 0 Å². The van der Waals surface area contributed by atoms with Gasteiger partial charge < -0.3 is 10.2 Å². The van der Waals surface area contributed by atoms with Crippen LogP contribution in [0.4, 0.5) is 0 Å². The van der Waals surface area contributed by atoms with Gasteiger partial charge in [-0.1, -0.05) is 0 Å². The third kappa shape index (κ3) is 3.28. The molecule has 1 saturated carbocycles. The fourth-order valence-electron chi connectivity index (χ4n) is 2.25. The van der Waals surface area contributed by atoms with Crippen LogP contribution >= 0.6 is 0 Å². The van der Waals surface area contributed by atoms with E-state index in [1.54, 1.807) is 0 Å². The Hall–Kier alpha value is -0.0800. The first-order valence-corrected chi connectivity index (χ1v) is 5.74. The summed E-state index contributed by atoms with van der Waals surface area (Å²) in [6.45, 7) is 5.14. The average molecular weight is 182 g/mol. The fraction of sp³-hybridized carbons (Fsp3) is 1.00. The summed E-state index contributed by atoms with van der Waals surface area (Å²) in [6, 6.07) is 0. The van der Waals surface area contributed by atoms with Gasteiger partial charge in [-0.25, -0.2) is 0 Å². The molecule has 2 fully saturated rings. The molecular weight excluding hydrogens is 160 g/mol. The molecule has 0 spiro atoms. The van der Waals surface area contributed by atoms with Crippen LogP contribution in [0.1, 0.15) is 25.7 Å². The van der Waals surface area contributed by atoms with E-state index in [4.69, 9.17) is 0 Å². The summed E-state index contributed by atoms with van der Waals surface area (Å²) in [4.78, 5) is 2.47. The Balaban J connectivity index is 1.56. The smallest absolute Gasteiger partial charge is 0.00187 e. The largest absolute Gasteiger partial charge is 0.316 e. The molecule has 1 N–H and O–H groups in total. The van der Waals surface area contributed by atoms with Crippen molar-refractivity contribution in [3.05, 3.63) is 0 Å². The molecule has 1 heterocycles. The van der Waals surface area contributed by atoms with Gasteiger partial charge >= 0.3 is 0 Å². The first-order chi connectivity index (χ1) is 6.34. The maximum absolute atomic E-state index is 3.61. The monoisotopic (exact) mass is 182 g/mol. The summed E-state index contributed by atoms with van der Waals surface area (Å²) in [5, 5.41) is 3.61. The van der Waals surface area contributed by atoms with Crippen LogP contribution in [0.2, 0.25) is 0 Å². The molecule has 1 atom stereocenters. The summed E-state index contributed by atoms with van der Waals surface area (Å²) in [5.74, 6) is 1.94. The molecule has 0 amide bonds. The molecule has 0 radical (unpaired) electrons. The summed E-state index contributed by atoms with van der Waals surface area (Å²) in [7, 11) is 2.24. The van der Waals surface area contributed by atoms with Crippen molar-refractivity contribution >= 4 is 0 Å². The van der Waals surface area contributed by atoms with Crippen LogP contribution in [-0.4, -0.2) is 38.1 Å². The van der Waals surface area contributed by atoms with Crippen LogP contribution in [0, 0.1) is 11.8 Å². The van der Waals surface area contributed by atoms with E-state index in [9.17, 15) is 0 Å². The van der Waals surface area contributed by atoms with Gasteiger partial charge in [-0.2, -0.15) is 0 Å². The highest BCUT2D eigenvalue weighted by Gasteiger charge is 2.22. The van der Waals surface area contributed by atoms with Crippen molar-refractivity contribution in [1.82, 2.24) is 10.2 Å². The number of piperidine rings is 1. The minimum absolute atomic E-state index is 0.914. The third-order valence-corrected chi connectivity index (χ3v) is 3.29. The molecule has 76 valence electrons. The Bertz CT molecular complexity index is 154. The zero-order chi connectivity index (χ0) is 9.10. The van der Waals surface area contributed by atoms with Crippen molar-refractivity contribution in [3.63, 3.8) is 0 Å². The molecule has 0 aromatic rings. The maximum Gasteiger partial charge on any atom is 0.00187 e. The lowest BCUT2D eigenvalue weighted by Gasteiger charge is -2.29. The molecule has 0 aromatic heterocycles. The van der Waals surface area contributed by atoms with E-state index in [1.807, 2.05) is 0 Å². The molecule has 2 aliphatic rings. The molecule has 2 heteroatoms. The van der Waals surface area contributed by atoms with Gasteiger partial charge in [-0.05, 0) is 64.2 Å². The van der Waals surface area contributed by atoms with Crippen molar-refractivity contribution in [2.45, 2.75) is 25.7 Å². The zero-order valence-electron chi connectivity index (χ0n) is 8.76. The standard InChI is InChI=1S/C11H22N2/c1-13-6-2-3-11(9-13)8-12-7-10-4-5-10/h10-12H,2-9H2,1H3. The normalized spacial score (nSPS) is 30.7. The lowest BCUT2D eigenvalue weighted by molar-refractivity contribution is 0.206. The number of nitrogens with zero attached hydrogens (tertiary/aromatic N) is 1. The van der Waals surface area contributed by atoms with E-state index in [2.05, 4.69) is 17.3 Å². The maximum atomic E-state index is 3.61. The Morgan fingerprint density at radius 1 is 1.15 bits per heavy atom. The quantitative estimate of drug-likeness (QED) is 0.705. The number of rotatable bonds is 4. The zero-order valence-corrected chi connectivity index (χ0v) is 8.76. The summed E-state index contributed by atoms with van der Waals surface area (Å²) >= 11 is 0. The van der Waals surface area contributed by atoms with Crippen molar-refractivity contribution in [2.24, 2.45) is 11.8 Å². The first kappa shape index (κ1) is 9.47. The first-order valence-electron chi connectivity index (χ1n) is 5.74. The van der Waals surface area contributed by atoms with Crippen LogP contribution in [0.3, 0.4) is 0 Å². The van der Waals surface area contributed by atoms with Crippen molar-refractivity contribution in [3.8, 4) is 0 Å². The molecule has 1 aliphatic carbocycles. The van der Waals surface area contributed by atoms with Gasteiger partial charge in [0.25, 0.3) is 0 Å². The van der Waals surface area contributed by atoms with E-state index in [0.29, 0.717) is 0 Å². The topological polar surface area (TPSA) is 15.3 Å². The highest BCUT2D eigenvalue weighted by Crippen LogP contribution is 2.27. The number of likely N-dealkylation sites (tertiary alicyclic amines) is 1. The minimum Gasteiger partial charge on any atom is -0.316 e. The van der Waals surface area contributed by atoms with Crippen LogP contribution in [0.25, 0.3) is 0 Å². The van der Waals surface area contributed by atoms with E-state index < -0.39 is 0 Å². The van der Waals surface area contributed by atoms with Crippen LogP contribution in [0.5, 0.6) is 0 Å². The fourth-order valence-corrected chi connectivity index (χ4v) is 2.25. The Morgan fingerprint density at radius 2 is 1.92 bits per heavy atom. The second-order valence-corrected chi connectivity index (χ2v) is 4.87. The van der Waals surface area contributed by atoms with E-state index >= 15 is 0 Å². The second kappa shape index (κ2) is 4.43. The van der Waals surface area contributed by atoms with Crippen molar-refractivity contribution < 1.29 is 0 Å². The number of hydrogen-bond acceptors (Lipinski definition) is 2. The van der Waals surface area contributed by atoms with Gasteiger partial charge in [0.2, 0.25) is 0 Å². The molecule has 0 bridgehead atoms. The lowest BCUT2D eigenvalue weighted by atomic mass is 9.98. The predicted molar refractivity (Wildman–Crippen MR) is 55.8 cm³/mol. The Kier molecular flexibility index (Phi) is 3.23. The molecule has 0 aromatic carbocycles. The molecule has 2 rings (SSSR count). The molecular formula is C11H22N2. The molecule has 13 heavy (non-hydrogen) atoms. The van der Waals surface area contributed by atoms with Gasteiger partial charge in [-0.3, -0.25) is 0 Å². The Labute approximate surface area is 81.7 Å². The average Bonchev–Trinajstić information content (AvgIpc) is 2.88. The lowest BCUT2D eigenvalue weighted by Crippen LogP contribution is -2.37. The van der Waals surface area contributed by atoms with Crippen molar-refractivity contribution in [1.29, 1.82) is 0 Å². The molecule has 1 saturated heterocycles. The third-order valence-electron chi connectivity index (χ3n) is 3.29. The van der Waals surface area contributed by atoms with Crippen LogP contribution in [0.15, 0.2) is 0 Å². The van der Waals surface area contributed by atoms with Gasteiger partial charge in [0, 0.05) is 6.54 Å². The Morgan fingerprint density at radius 3 is 2.62 bits per heavy atom. The molecule has 1 unspecified atom stereocenters. The predicted octanol–water partition coefficient (Wildman–Crippen LogP) is 1.33. The number of nitrogens with one attached hydrogen (secondary N) is 1. The summed E-state index contributed by atoms with van der Waals surface area (Å²) in [5.41, 5.74) is 0. The van der Waals surface area contributed by atoms with Gasteiger partial charge in [0.15, 0.2) is 0 Å². The highest BCUT2D eigenvalue weighted by atomic mass is 15.1. The van der Waals surface area contributed by atoms with E-state index in [1.165, 1.54) is 51.9 Å². The summed E-state index contributed by atoms with van der Waals surface area (Å²) in [6.07, 6.45) is 5.77. The highest BCUT2D eigenvalue weighted by molar-refractivity contribution is 4.77. The minimum atomic E-state index is 0.914. The van der Waals surface area contributed by atoms with Gasteiger partial charge in [-0.15, -0.1) is 0 Å². The van der Waals surface area contributed by atoms with Crippen LogP contribution < -0.4 is 5.32 Å². The van der Waals surface area contributed by atoms with E-state index in [-0.39, 0.29) is 0 Å². The number of hydrogen-bond donors (Lipinski definition) is 1. The molecule has 1 aliphatic heterocycles. The van der Waals surface area contributed by atoms with Crippen LogP contribution in [-0.2, 0) is 0 Å². The van der Waals surface area contributed by atoms with E-state index in [0.717, 1.165) is 11.8 Å². The van der Waals surface area contributed by atoms with Gasteiger partial charge in [0.05, 0.1) is 0 Å². The molecule has 2 nitrogen and oxygen atoms in total. The SMILES string of the molecule is CN1CCCC(CNCC2CC2)C1. The summed E-state index contributed by atoms with van der Waals surface area (Å²) < 4.78 is 0.